The summed E-state index contributed by atoms with van der Waals surface area (Å²) in [6.07, 6.45) is 9.51. The van der Waals surface area contributed by atoms with Crippen molar-refractivity contribution < 1.29 is 13.2 Å². The van der Waals surface area contributed by atoms with Gasteiger partial charge in [-0.15, -0.1) is 0 Å². The zero-order valence-corrected chi connectivity index (χ0v) is 33.3. The molecule has 0 N–H and O–H groups in total. The van der Waals surface area contributed by atoms with E-state index in [9.17, 15) is 8.42 Å². The van der Waals surface area contributed by atoms with Gasteiger partial charge in [0.05, 0.1) is 22.4 Å². The average Bonchev–Trinajstić information content (AvgIpc) is 3.12. The predicted molar refractivity (Wildman–Crippen MR) is 220 cm³/mol. The van der Waals surface area contributed by atoms with Crippen LogP contribution in [-0.2, 0) is 14.6 Å². The first-order chi connectivity index (χ1) is 24.4. The normalized spacial score (nSPS) is 16.9. The molecule has 0 heterocycles. The number of methoxy groups -OCH3 is 1. The molecule has 0 saturated carbocycles. The maximum Gasteiger partial charge on any atom is 0.185 e. The van der Waals surface area contributed by atoms with Gasteiger partial charge in [0.1, 0.15) is 23.2 Å². The largest absolute Gasteiger partial charge is 0.377 e. The van der Waals surface area contributed by atoms with Crippen LogP contribution in [0.5, 0.6) is 0 Å². The number of ether oxygens (including phenoxy) is 1. The first kappa shape index (κ1) is 38.7. The molecular weight excluding hydrogens is 664 g/mol. The van der Waals surface area contributed by atoms with E-state index >= 15 is 0 Å². The van der Waals surface area contributed by atoms with Crippen molar-refractivity contribution in [3.63, 3.8) is 0 Å². The van der Waals surface area contributed by atoms with Crippen molar-refractivity contribution in [2.24, 2.45) is 5.41 Å². The molecule has 0 aromatic heterocycles. The fraction of sp³-hybridized carbons (Fsp3) is 0.348. The molecule has 0 radical (unpaired) electrons. The van der Waals surface area contributed by atoms with Gasteiger partial charge in [-0.3, -0.25) is 0 Å². The predicted octanol–water partition coefficient (Wildman–Crippen LogP) is 10.3. The van der Waals surface area contributed by atoms with Crippen molar-refractivity contribution in [3.05, 3.63) is 155 Å². The summed E-state index contributed by atoms with van der Waals surface area (Å²) in [7, 11) is -3.87. The minimum Gasteiger partial charge on any atom is -0.377 e. The van der Waals surface area contributed by atoms with Crippen LogP contribution in [0.4, 0.5) is 0 Å². The summed E-state index contributed by atoms with van der Waals surface area (Å²) >= 11 is 0. The molecule has 268 valence electrons. The van der Waals surface area contributed by atoms with Crippen LogP contribution >= 0.6 is 7.26 Å². The van der Waals surface area contributed by atoms with Crippen LogP contribution in [0.1, 0.15) is 72.3 Å². The molecule has 0 aliphatic heterocycles. The number of benzene rings is 4. The summed E-state index contributed by atoms with van der Waals surface area (Å²) in [5, 5.41) is 3.47. The van der Waals surface area contributed by atoms with Gasteiger partial charge in [-0.05, 0) is 125 Å². The van der Waals surface area contributed by atoms with Crippen molar-refractivity contribution >= 4 is 33.0 Å². The van der Waals surface area contributed by atoms with Crippen LogP contribution in [0.2, 0.25) is 0 Å². The number of hydrogen-bond acceptors (Lipinski definition) is 3. The number of aryl methyl sites for hydroxylation is 1. The van der Waals surface area contributed by atoms with Gasteiger partial charge in [0.25, 0.3) is 0 Å². The monoisotopic (exact) mass is 719 g/mol. The molecule has 0 fully saturated rings. The molecule has 0 saturated heterocycles. The zero-order chi connectivity index (χ0) is 36.6. The molecule has 2 atom stereocenters. The average molecular weight is 720 g/mol. The lowest BCUT2D eigenvalue weighted by molar-refractivity contribution is 0.140. The fourth-order valence-electron chi connectivity index (χ4n) is 8.00. The summed E-state index contributed by atoms with van der Waals surface area (Å²) in [5.74, 6) is 0. The molecule has 51 heavy (non-hydrogen) atoms. The van der Waals surface area contributed by atoms with Gasteiger partial charge >= 0.3 is 0 Å². The van der Waals surface area contributed by atoms with Gasteiger partial charge < -0.3 is 4.74 Å². The molecule has 5 rings (SSSR count). The topological polar surface area (TPSA) is 43.4 Å². The molecule has 2 unspecified atom stereocenters. The minimum atomic E-state index is -3.63. The Labute approximate surface area is 308 Å². The Morgan fingerprint density at radius 1 is 0.765 bits per heavy atom. The highest BCUT2D eigenvalue weighted by Gasteiger charge is 2.44. The van der Waals surface area contributed by atoms with Gasteiger partial charge in [-0.25, -0.2) is 8.42 Å². The quantitative estimate of drug-likeness (QED) is 0.0963. The highest BCUT2D eigenvalue weighted by Crippen LogP contribution is 2.55. The molecular formula is C46H56O3PS+. The number of hydrogen-bond donors (Lipinski definition) is 0. The van der Waals surface area contributed by atoms with Gasteiger partial charge in [0.2, 0.25) is 0 Å². The van der Waals surface area contributed by atoms with Gasteiger partial charge in [-0.2, -0.15) is 0 Å². The second-order valence-corrected chi connectivity index (χ2v) is 20.7. The maximum atomic E-state index is 14.5. The first-order valence-electron chi connectivity index (χ1n) is 18.3. The zero-order valence-electron chi connectivity index (χ0n) is 31.6. The van der Waals surface area contributed by atoms with E-state index in [1.165, 1.54) is 27.1 Å². The summed E-state index contributed by atoms with van der Waals surface area (Å²) in [6, 6.07) is 40.3. The van der Waals surface area contributed by atoms with E-state index in [-0.39, 0.29) is 11.5 Å². The van der Waals surface area contributed by atoms with Crippen LogP contribution in [0, 0.1) is 12.3 Å². The van der Waals surface area contributed by atoms with Gasteiger partial charge in [0, 0.05) is 7.11 Å². The molecule has 0 bridgehead atoms. The lowest BCUT2D eigenvalue weighted by Gasteiger charge is -2.39. The maximum absolute atomic E-state index is 14.5. The van der Waals surface area contributed by atoms with E-state index in [0.29, 0.717) is 11.3 Å². The standard InChI is InChI=1S/C46H56O3PS/c1-35-25-27-43(28-26-35)51(47,48)44(45-38(4)18-17-30-46(45,5)6)34-37(3)33-39(49-7)32-36(2)29-31-50(40-19-11-8-12-20-40,41-21-13-9-14-22-41)42-23-15-10-16-24-42/h8-16,19-29,33,39,44H,17-18,30-32,34H2,1-7H3/q+1/b36-29+,37-33+. The van der Waals surface area contributed by atoms with Crippen molar-refractivity contribution in [1.29, 1.82) is 0 Å². The Bertz CT molecular complexity index is 1840. The third kappa shape index (κ3) is 8.91. The number of allylic oxidation sites excluding steroid dienone is 3. The molecule has 4 aromatic carbocycles. The van der Waals surface area contributed by atoms with Crippen LogP contribution in [-0.4, -0.2) is 33.0 Å². The molecule has 0 spiro atoms. The molecule has 5 heteroatoms. The Balaban J connectivity index is 1.46. The van der Waals surface area contributed by atoms with Crippen LogP contribution in [0.3, 0.4) is 0 Å². The van der Waals surface area contributed by atoms with Crippen LogP contribution in [0.25, 0.3) is 0 Å². The van der Waals surface area contributed by atoms with E-state index in [0.717, 1.165) is 48.6 Å². The molecule has 1 aliphatic carbocycles. The van der Waals surface area contributed by atoms with E-state index in [2.05, 4.69) is 138 Å². The van der Waals surface area contributed by atoms with E-state index < -0.39 is 22.3 Å². The smallest absolute Gasteiger partial charge is 0.185 e. The van der Waals surface area contributed by atoms with Crippen LogP contribution in [0.15, 0.2) is 155 Å². The second kappa shape index (κ2) is 16.8. The molecule has 4 aromatic rings. The van der Waals surface area contributed by atoms with Gasteiger partial charge in [-0.1, -0.05) is 109 Å². The summed E-state index contributed by atoms with van der Waals surface area (Å²) < 4.78 is 35.0. The van der Waals surface area contributed by atoms with Gasteiger partial charge in [0.15, 0.2) is 9.84 Å². The SMILES string of the molecule is COC(/C=C(\C)CC(C1=C(C)CCCC1(C)C)S(=O)(=O)c1ccc(C)cc1)C/C(C)=C/C[P+](c1ccccc1)(c1ccccc1)c1ccccc1. The van der Waals surface area contributed by atoms with Crippen molar-refractivity contribution in [3.8, 4) is 0 Å². The van der Waals surface area contributed by atoms with Crippen LogP contribution < -0.4 is 15.9 Å². The Kier molecular flexibility index (Phi) is 12.8. The summed E-state index contributed by atoms with van der Waals surface area (Å²) in [5.41, 5.74) is 5.48. The molecule has 1 aliphatic rings. The highest BCUT2D eigenvalue weighted by molar-refractivity contribution is 7.95. The number of sulfone groups is 1. The van der Waals surface area contributed by atoms with Crippen molar-refractivity contribution in [2.75, 3.05) is 13.3 Å². The third-order valence-electron chi connectivity index (χ3n) is 10.7. The Morgan fingerprint density at radius 2 is 1.27 bits per heavy atom. The fourth-order valence-corrected chi connectivity index (χ4v) is 14.3. The lowest BCUT2D eigenvalue weighted by Crippen LogP contribution is -2.35. The summed E-state index contributed by atoms with van der Waals surface area (Å²) in [4.78, 5) is 0.400. The molecule has 3 nitrogen and oxygen atoms in total. The molecule has 0 amide bonds. The third-order valence-corrected chi connectivity index (χ3v) is 17.0. The summed E-state index contributed by atoms with van der Waals surface area (Å²) in [6.45, 7) is 12.8. The highest BCUT2D eigenvalue weighted by atomic mass is 32.2. The Morgan fingerprint density at radius 3 is 1.75 bits per heavy atom. The van der Waals surface area contributed by atoms with Crippen molar-refractivity contribution in [1.82, 2.24) is 0 Å². The lowest BCUT2D eigenvalue weighted by atomic mass is 9.70. The van der Waals surface area contributed by atoms with Crippen molar-refractivity contribution in [2.45, 2.75) is 89.9 Å². The minimum absolute atomic E-state index is 0.170. The second-order valence-electron chi connectivity index (χ2n) is 15.0. The Hall–Kier alpha value is -3.56. The van der Waals surface area contributed by atoms with E-state index in [4.69, 9.17) is 4.74 Å². The van der Waals surface area contributed by atoms with E-state index in [1.807, 2.05) is 19.1 Å². The first-order valence-corrected chi connectivity index (χ1v) is 21.8. The number of rotatable bonds is 14. The van der Waals surface area contributed by atoms with E-state index in [1.54, 1.807) is 19.2 Å².